The van der Waals surface area contributed by atoms with Crippen LogP contribution < -0.4 is 5.32 Å². The summed E-state index contributed by atoms with van der Waals surface area (Å²) in [6, 6.07) is 6.86. The van der Waals surface area contributed by atoms with Crippen molar-refractivity contribution in [3.63, 3.8) is 0 Å². The molecule has 1 amide bonds. The van der Waals surface area contributed by atoms with Crippen LogP contribution in [0.5, 0.6) is 0 Å². The Hall–Kier alpha value is -1.88. The van der Waals surface area contributed by atoms with Gasteiger partial charge in [0.1, 0.15) is 0 Å². The summed E-state index contributed by atoms with van der Waals surface area (Å²) in [7, 11) is 0. The van der Waals surface area contributed by atoms with E-state index in [9.17, 15) is 4.79 Å². The van der Waals surface area contributed by atoms with Crippen LogP contribution in [0.1, 0.15) is 10.4 Å². The lowest BCUT2D eigenvalue weighted by Gasteiger charge is -2.03. The van der Waals surface area contributed by atoms with E-state index in [-0.39, 0.29) is 5.91 Å². The van der Waals surface area contributed by atoms with E-state index in [4.69, 9.17) is 0 Å². The zero-order valence-electron chi connectivity index (χ0n) is 8.29. The Bertz CT molecular complexity index is 484. The first-order valence-corrected chi connectivity index (χ1v) is 5.07. The molecule has 5 heteroatoms. The molecule has 2 aromatic heterocycles. The summed E-state index contributed by atoms with van der Waals surface area (Å²) >= 11 is 4.05. The van der Waals surface area contributed by atoms with Gasteiger partial charge in [-0.1, -0.05) is 0 Å². The van der Waals surface area contributed by atoms with E-state index < -0.39 is 0 Å². The molecule has 0 bridgehead atoms. The van der Waals surface area contributed by atoms with Crippen molar-refractivity contribution in [3.8, 4) is 0 Å². The highest BCUT2D eigenvalue weighted by Gasteiger charge is 2.05. The van der Waals surface area contributed by atoms with Gasteiger partial charge in [0.2, 0.25) is 0 Å². The highest BCUT2D eigenvalue weighted by atomic mass is 32.1. The smallest absolute Gasteiger partial charge is 0.257 e. The maximum absolute atomic E-state index is 11.7. The molecule has 0 aliphatic carbocycles. The fourth-order valence-corrected chi connectivity index (χ4v) is 1.29. The molecule has 0 atom stereocenters. The summed E-state index contributed by atoms with van der Waals surface area (Å²) in [6.07, 6.45) is 4.71. The molecule has 1 N–H and O–H groups in total. The molecule has 80 valence electrons. The number of carbonyl (C=O) groups excluding carboxylic acids is 1. The van der Waals surface area contributed by atoms with Crippen LogP contribution in [0.4, 0.5) is 5.69 Å². The number of anilines is 1. The molecule has 0 saturated heterocycles. The minimum Gasteiger partial charge on any atom is -0.321 e. The average molecular weight is 231 g/mol. The van der Waals surface area contributed by atoms with Crippen LogP contribution in [0.15, 0.2) is 47.9 Å². The van der Waals surface area contributed by atoms with E-state index in [1.165, 1.54) is 6.20 Å². The largest absolute Gasteiger partial charge is 0.321 e. The molecule has 2 aromatic rings. The van der Waals surface area contributed by atoms with Crippen molar-refractivity contribution in [3.05, 3.63) is 48.4 Å². The molecule has 0 spiro atoms. The van der Waals surface area contributed by atoms with Gasteiger partial charge in [0.25, 0.3) is 5.91 Å². The van der Waals surface area contributed by atoms with Crippen molar-refractivity contribution in [1.82, 2.24) is 9.97 Å². The van der Waals surface area contributed by atoms with E-state index in [2.05, 4.69) is 27.9 Å². The third-order valence-electron chi connectivity index (χ3n) is 1.93. The monoisotopic (exact) mass is 231 g/mol. The van der Waals surface area contributed by atoms with Crippen molar-refractivity contribution in [2.24, 2.45) is 0 Å². The number of amides is 1. The molecule has 0 aliphatic rings. The fraction of sp³-hybridized carbons (Fsp3) is 0. The second-order valence-corrected chi connectivity index (χ2v) is 3.56. The zero-order valence-corrected chi connectivity index (χ0v) is 9.19. The molecule has 4 nitrogen and oxygen atoms in total. The molecule has 0 aliphatic heterocycles. The lowest BCUT2D eigenvalue weighted by atomic mass is 10.2. The second kappa shape index (κ2) is 4.76. The molecule has 2 heterocycles. The number of rotatable bonds is 2. The maximum Gasteiger partial charge on any atom is 0.257 e. The summed E-state index contributed by atoms with van der Waals surface area (Å²) < 4.78 is 0. The van der Waals surface area contributed by atoms with Gasteiger partial charge in [0.05, 0.1) is 22.5 Å². The molecule has 0 saturated carbocycles. The van der Waals surface area contributed by atoms with Crippen LogP contribution in [-0.2, 0) is 0 Å². The number of thiol groups is 1. The fourth-order valence-electron chi connectivity index (χ4n) is 1.16. The molecular formula is C11H9N3OS. The molecule has 0 radical (unpaired) electrons. The number of hydrogen-bond donors (Lipinski definition) is 2. The molecular weight excluding hydrogens is 222 g/mol. The summed E-state index contributed by atoms with van der Waals surface area (Å²) in [5.74, 6) is -0.214. The standard InChI is InChI=1S/C11H9N3OS/c15-11(8-3-4-10(16)13-6-8)14-9-2-1-5-12-7-9/h1-7H,(H,13,16)(H,14,15). The maximum atomic E-state index is 11.7. The molecule has 2 rings (SSSR count). The molecule has 0 fully saturated rings. The Morgan fingerprint density at radius 3 is 2.75 bits per heavy atom. The average Bonchev–Trinajstić information content (AvgIpc) is 2.31. The SMILES string of the molecule is O=C(Nc1cccnc1)c1ccc(S)nc1. The van der Waals surface area contributed by atoms with Crippen LogP contribution >= 0.6 is 12.6 Å². The van der Waals surface area contributed by atoms with Crippen molar-refractivity contribution in [1.29, 1.82) is 0 Å². The number of carbonyl (C=O) groups is 1. The number of hydrogen-bond acceptors (Lipinski definition) is 4. The summed E-state index contributed by atoms with van der Waals surface area (Å²) in [5.41, 5.74) is 1.14. The van der Waals surface area contributed by atoms with Gasteiger partial charge in [-0.2, -0.15) is 0 Å². The number of nitrogens with one attached hydrogen (secondary N) is 1. The first kappa shape index (κ1) is 10.6. The van der Waals surface area contributed by atoms with Crippen LogP contribution in [0.3, 0.4) is 0 Å². The zero-order chi connectivity index (χ0) is 11.4. The van der Waals surface area contributed by atoms with E-state index in [1.807, 2.05) is 0 Å². The molecule has 0 aromatic carbocycles. The lowest BCUT2D eigenvalue weighted by Crippen LogP contribution is -2.12. The number of nitrogens with zero attached hydrogens (tertiary/aromatic N) is 2. The minimum atomic E-state index is -0.214. The summed E-state index contributed by atoms with van der Waals surface area (Å²) in [5, 5.41) is 3.29. The van der Waals surface area contributed by atoms with Gasteiger partial charge in [-0.15, -0.1) is 12.6 Å². The van der Waals surface area contributed by atoms with E-state index >= 15 is 0 Å². The lowest BCUT2D eigenvalue weighted by molar-refractivity contribution is 0.102. The Morgan fingerprint density at radius 2 is 2.12 bits per heavy atom. The normalized spacial score (nSPS) is 9.81. The Balaban J connectivity index is 2.12. The van der Waals surface area contributed by atoms with E-state index in [0.29, 0.717) is 16.3 Å². The highest BCUT2D eigenvalue weighted by molar-refractivity contribution is 7.80. The van der Waals surface area contributed by atoms with Gasteiger partial charge in [-0.05, 0) is 24.3 Å². The first-order valence-electron chi connectivity index (χ1n) is 4.62. The number of aromatic nitrogens is 2. The van der Waals surface area contributed by atoms with Gasteiger partial charge in [0.15, 0.2) is 0 Å². The Labute approximate surface area is 98.2 Å². The van der Waals surface area contributed by atoms with Crippen molar-refractivity contribution < 1.29 is 4.79 Å². The Morgan fingerprint density at radius 1 is 1.25 bits per heavy atom. The van der Waals surface area contributed by atoms with Gasteiger partial charge >= 0.3 is 0 Å². The van der Waals surface area contributed by atoms with E-state index in [0.717, 1.165) is 0 Å². The van der Waals surface area contributed by atoms with Gasteiger partial charge in [-0.25, -0.2) is 4.98 Å². The predicted molar refractivity (Wildman–Crippen MR) is 63.7 cm³/mol. The van der Waals surface area contributed by atoms with Crippen molar-refractivity contribution >= 4 is 24.2 Å². The van der Waals surface area contributed by atoms with Gasteiger partial charge in [0, 0.05) is 12.4 Å². The predicted octanol–water partition coefficient (Wildman–Crippen LogP) is 2.02. The quantitative estimate of drug-likeness (QED) is 0.777. The van der Waals surface area contributed by atoms with Gasteiger partial charge in [-0.3, -0.25) is 9.78 Å². The third kappa shape index (κ3) is 2.58. The molecule has 0 unspecified atom stereocenters. The van der Waals surface area contributed by atoms with Crippen molar-refractivity contribution in [2.45, 2.75) is 5.03 Å². The molecule has 16 heavy (non-hydrogen) atoms. The van der Waals surface area contributed by atoms with Gasteiger partial charge < -0.3 is 5.32 Å². The van der Waals surface area contributed by atoms with Crippen LogP contribution in [0.25, 0.3) is 0 Å². The topological polar surface area (TPSA) is 54.9 Å². The number of pyridine rings is 2. The minimum absolute atomic E-state index is 0.214. The van der Waals surface area contributed by atoms with Crippen LogP contribution in [0.2, 0.25) is 0 Å². The summed E-state index contributed by atoms with van der Waals surface area (Å²) in [4.78, 5) is 19.6. The van der Waals surface area contributed by atoms with Crippen molar-refractivity contribution in [2.75, 3.05) is 5.32 Å². The van der Waals surface area contributed by atoms with Crippen LogP contribution in [0, 0.1) is 0 Å². The van der Waals surface area contributed by atoms with Crippen LogP contribution in [-0.4, -0.2) is 15.9 Å². The second-order valence-electron chi connectivity index (χ2n) is 3.10. The first-order chi connectivity index (χ1) is 7.75. The summed E-state index contributed by atoms with van der Waals surface area (Å²) in [6.45, 7) is 0. The highest BCUT2D eigenvalue weighted by Crippen LogP contribution is 2.08. The Kier molecular flexibility index (Phi) is 3.16. The van der Waals surface area contributed by atoms with E-state index in [1.54, 1.807) is 36.7 Å². The third-order valence-corrected chi connectivity index (χ3v) is 2.19.